The topological polar surface area (TPSA) is 66.3 Å². The third-order valence-electron chi connectivity index (χ3n) is 2.97. The molecule has 1 aromatic heterocycles. The van der Waals surface area contributed by atoms with Crippen LogP contribution < -0.4 is 0 Å². The number of likely N-dealkylation sites (tertiary alicyclic amines) is 1. The fraction of sp³-hybridized carbons (Fsp3) is 0.583. The molecule has 0 spiro atoms. The Balaban J connectivity index is 1.97. The molecule has 1 aliphatic heterocycles. The van der Waals surface area contributed by atoms with E-state index in [9.17, 15) is 9.90 Å². The molecule has 17 heavy (non-hydrogen) atoms. The van der Waals surface area contributed by atoms with Crippen LogP contribution in [-0.2, 0) is 0 Å². The van der Waals surface area contributed by atoms with Gasteiger partial charge in [-0.05, 0) is 13.3 Å². The number of amides is 1. The number of hydrogen-bond donors (Lipinski definition) is 1. The van der Waals surface area contributed by atoms with Crippen LogP contribution in [0.3, 0.4) is 0 Å². The van der Waals surface area contributed by atoms with Gasteiger partial charge >= 0.3 is 0 Å². The molecular formula is C12H17N3O2. The Morgan fingerprint density at radius 2 is 2.18 bits per heavy atom. The number of aromatic nitrogens is 2. The predicted molar refractivity (Wildman–Crippen MR) is 62.5 cm³/mol. The maximum absolute atomic E-state index is 11.9. The molecule has 5 heteroatoms. The molecule has 1 fully saturated rings. The fourth-order valence-electron chi connectivity index (χ4n) is 2.10. The summed E-state index contributed by atoms with van der Waals surface area (Å²) in [6.45, 7) is 4.64. The Morgan fingerprint density at radius 3 is 2.71 bits per heavy atom. The minimum Gasteiger partial charge on any atom is -0.386 e. The molecule has 0 radical (unpaired) electrons. The van der Waals surface area contributed by atoms with Crippen LogP contribution in [0.4, 0.5) is 0 Å². The van der Waals surface area contributed by atoms with Gasteiger partial charge in [-0.25, -0.2) is 4.98 Å². The van der Waals surface area contributed by atoms with Crippen LogP contribution in [0.15, 0.2) is 12.4 Å². The highest BCUT2D eigenvalue weighted by Gasteiger charge is 2.43. The van der Waals surface area contributed by atoms with Gasteiger partial charge in [0.2, 0.25) is 0 Å². The van der Waals surface area contributed by atoms with Crippen LogP contribution in [0.1, 0.15) is 35.9 Å². The minimum absolute atomic E-state index is 0.154. The lowest BCUT2D eigenvalue weighted by atomic mass is 9.89. The smallest absolute Gasteiger partial charge is 0.274 e. The van der Waals surface area contributed by atoms with Crippen LogP contribution in [0.25, 0.3) is 0 Å². The largest absolute Gasteiger partial charge is 0.386 e. The summed E-state index contributed by atoms with van der Waals surface area (Å²) in [7, 11) is 0. The Bertz CT molecular complexity index is 410. The van der Waals surface area contributed by atoms with Gasteiger partial charge in [0, 0.05) is 6.20 Å². The van der Waals surface area contributed by atoms with Crippen molar-refractivity contribution in [3.8, 4) is 0 Å². The van der Waals surface area contributed by atoms with Gasteiger partial charge in [-0.3, -0.25) is 9.78 Å². The molecule has 0 aromatic carbocycles. The van der Waals surface area contributed by atoms with E-state index in [4.69, 9.17) is 0 Å². The number of aryl methyl sites for hydroxylation is 1. The number of carbonyl (C=O) groups excluding carboxylic acids is 1. The Kier molecular flexibility index (Phi) is 3.11. The third kappa shape index (κ3) is 2.44. The summed E-state index contributed by atoms with van der Waals surface area (Å²) in [4.78, 5) is 21.6. The van der Waals surface area contributed by atoms with Crippen molar-refractivity contribution < 1.29 is 9.90 Å². The fourth-order valence-corrected chi connectivity index (χ4v) is 2.10. The van der Waals surface area contributed by atoms with Crippen LogP contribution in [-0.4, -0.2) is 44.6 Å². The molecule has 0 aliphatic carbocycles. The number of hydrogen-bond acceptors (Lipinski definition) is 4. The zero-order valence-corrected chi connectivity index (χ0v) is 10.2. The van der Waals surface area contributed by atoms with E-state index in [1.807, 2.05) is 13.8 Å². The van der Waals surface area contributed by atoms with Gasteiger partial charge in [-0.2, -0.15) is 0 Å². The van der Waals surface area contributed by atoms with E-state index in [2.05, 4.69) is 9.97 Å². The van der Waals surface area contributed by atoms with Gasteiger partial charge in [0.1, 0.15) is 5.69 Å². The lowest BCUT2D eigenvalue weighted by molar-refractivity contribution is -0.0861. The van der Waals surface area contributed by atoms with Crippen LogP contribution in [0, 0.1) is 6.92 Å². The van der Waals surface area contributed by atoms with Gasteiger partial charge in [0.15, 0.2) is 0 Å². The first-order valence-electron chi connectivity index (χ1n) is 5.84. The average Bonchev–Trinajstić information content (AvgIpc) is 2.26. The number of β-amino-alcohol motifs (C(OH)–C–C–N with tert-alkyl or cyclic N) is 1. The summed E-state index contributed by atoms with van der Waals surface area (Å²) in [5, 5.41) is 9.99. The van der Waals surface area contributed by atoms with Gasteiger partial charge in [0.25, 0.3) is 5.91 Å². The monoisotopic (exact) mass is 235 g/mol. The van der Waals surface area contributed by atoms with E-state index in [1.165, 1.54) is 6.20 Å². The summed E-state index contributed by atoms with van der Waals surface area (Å²) in [6.07, 6.45) is 4.71. The first-order chi connectivity index (χ1) is 8.04. The summed E-state index contributed by atoms with van der Waals surface area (Å²) in [5.74, 6) is -0.154. The molecule has 5 nitrogen and oxygen atoms in total. The van der Waals surface area contributed by atoms with Crippen molar-refractivity contribution in [2.75, 3.05) is 13.1 Å². The first-order valence-corrected chi connectivity index (χ1v) is 5.84. The van der Waals surface area contributed by atoms with Crippen molar-refractivity contribution in [1.29, 1.82) is 0 Å². The van der Waals surface area contributed by atoms with E-state index < -0.39 is 5.60 Å². The van der Waals surface area contributed by atoms with E-state index in [1.54, 1.807) is 11.1 Å². The van der Waals surface area contributed by atoms with Gasteiger partial charge in [-0.15, -0.1) is 0 Å². The number of aliphatic hydroxyl groups is 1. The second kappa shape index (κ2) is 4.41. The van der Waals surface area contributed by atoms with Gasteiger partial charge in [0.05, 0.1) is 30.6 Å². The zero-order chi connectivity index (χ0) is 12.5. The van der Waals surface area contributed by atoms with Crippen molar-refractivity contribution in [2.24, 2.45) is 0 Å². The number of nitrogens with zero attached hydrogens (tertiary/aromatic N) is 3. The quantitative estimate of drug-likeness (QED) is 0.840. The summed E-state index contributed by atoms with van der Waals surface area (Å²) in [6, 6.07) is 0. The second-order valence-electron chi connectivity index (χ2n) is 4.68. The molecule has 1 amide bonds. The standard InChI is InChI=1S/C12H17N3O2/c1-3-4-12(17)7-15(8-12)11(16)10-6-13-9(2)5-14-10/h5-6,17H,3-4,7-8H2,1-2H3. The van der Waals surface area contributed by atoms with E-state index in [0.717, 1.165) is 18.5 Å². The Hall–Kier alpha value is -1.49. The van der Waals surface area contributed by atoms with Crippen LogP contribution in [0.2, 0.25) is 0 Å². The number of rotatable bonds is 3. The lowest BCUT2D eigenvalue weighted by Gasteiger charge is -2.46. The molecule has 2 rings (SSSR count). The molecule has 0 bridgehead atoms. The van der Waals surface area contributed by atoms with Gasteiger partial charge in [-0.1, -0.05) is 13.3 Å². The van der Waals surface area contributed by atoms with Gasteiger partial charge < -0.3 is 10.0 Å². The zero-order valence-electron chi connectivity index (χ0n) is 10.2. The SMILES string of the molecule is CCCC1(O)CN(C(=O)c2cnc(C)cn2)C1. The molecule has 2 heterocycles. The Labute approximate surface area is 100 Å². The molecule has 1 N–H and O–H groups in total. The van der Waals surface area contributed by atoms with E-state index in [-0.39, 0.29) is 5.91 Å². The highest BCUT2D eigenvalue weighted by Crippen LogP contribution is 2.26. The number of carbonyl (C=O) groups is 1. The van der Waals surface area contributed by atoms with Crippen molar-refractivity contribution in [3.05, 3.63) is 23.8 Å². The third-order valence-corrected chi connectivity index (χ3v) is 2.97. The van der Waals surface area contributed by atoms with Crippen LogP contribution >= 0.6 is 0 Å². The highest BCUT2D eigenvalue weighted by molar-refractivity contribution is 5.92. The lowest BCUT2D eigenvalue weighted by Crippen LogP contribution is -2.63. The molecule has 92 valence electrons. The molecule has 1 aliphatic rings. The van der Waals surface area contributed by atoms with Crippen molar-refractivity contribution in [2.45, 2.75) is 32.3 Å². The Morgan fingerprint density at radius 1 is 1.47 bits per heavy atom. The predicted octanol–water partition coefficient (Wildman–Crippen LogP) is 0.772. The summed E-state index contributed by atoms with van der Waals surface area (Å²) in [5.41, 5.74) is 0.435. The van der Waals surface area contributed by atoms with Crippen molar-refractivity contribution >= 4 is 5.91 Å². The maximum atomic E-state index is 11.9. The van der Waals surface area contributed by atoms with Crippen molar-refractivity contribution in [1.82, 2.24) is 14.9 Å². The summed E-state index contributed by atoms with van der Waals surface area (Å²) < 4.78 is 0. The molecule has 1 saturated heterocycles. The highest BCUT2D eigenvalue weighted by atomic mass is 16.3. The summed E-state index contributed by atoms with van der Waals surface area (Å²) >= 11 is 0. The average molecular weight is 235 g/mol. The maximum Gasteiger partial charge on any atom is 0.274 e. The molecular weight excluding hydrogens is 218 g/mol. The second-order valence-corrected chi connectivity index (χ2v) is 4.68. The molecule has 0 unspecified atom stereocenters. The van der Waals surface area contributed by atoms with Crippen LogP contribution in [0.5, 0.6) is 0 Å². The first kappa shape index (κ1) is 12.0. The normalized spacial score (nSPS) is 17.7. The molecule has 0 atom stereocenters. The minimum atomic E-state index is -0.692. The molecule has 0 saturated carbocycles. The van der Waals surface area contributed by atoms with E-state index >= 15 is 0 Å². The van der Waals surface area contributed by atoms with E-state index in [0.29, 0.717) is 18.8 Å². The van der Waals surface area contributed by atoms with Crippen molar-refractivity contribution in [3.63, 3.8) is 0 Å². The molecule has 1 aromatic rings.